The zero-order chi connectivity index (χ0) is 14.2. The standard InChI is InChI=1S/C15H18N2O2/c1-15(2,3)11-7-5-10(6-8-11)9-12-13(18)17(4)14(19)16-12/h5-9H,1-4H3,(H,16,19)/b12-9-. The highest BCUT2D eigenvalue weighted by Crippen LogP contribution is 2.23. The summed E-state index contributed by atoms with van der Waals surface area (Å²) in [6, 6.07) is 7.59. The Kier molecular flexibility index (Phi) is 3.18. The van der Waals surface area contributed by atoms with Gasteiger partial charge in [-0.3, -0.25) is 9.69 Å². The summed E-state index contributed by atoms with van der Waals surface area (Å²) >= 11 is 0. The van der Waals surface area contributed by atoms with Gasteiger partial charge in [-0.05, 0) is 22.6 Å². The van der Waals surface area contributed by atoms with Crippen LogP contribution in [0.3, 0.4) is 0 Å². The number of urea groups is 1. The molecule has 1 fully saturated rings. The van der Waals surface area contributed by atoms with Gasteiger partial charge in [0.25, 0.3) is 5.91 Å². The lowest BCUT2D eigenvalue weighted by Gasteiger charge is -2.18. The minimum absolute atomic E-state index is 0.100. The summed E-state index contributed by atoms with van der Waals surface area (Å²) in [5, 5.41) is 2.55. The Morgan fingerprint density at radius 1 is 1.11 bits per heavy atom. The largest absolute Gasteiger partial charge is 0.328 e. The highest BCUT2D eigenvalue weighted by atomic mass is 16.2. The Morgan fingerprint density at radius 2 is 1.68 bits per heavy atom. The van der Waals surface area contributed by atoms with Crippen molar-refractivity contribution >= 4 is 18.0 Å². The Labute approximate surface area is 113 Å². The number of hydrogen-bond donors (Lipinski definition) is 1. The molecule has 1 aliphatic rings. The Bertz CT molecular complexity index is 551. The summed E-state index contributed by atoms with van der Waals surface area (Å²) in [6.07, 6.45) is 1.69. The lowest BCUT2D eigenvalue weighted by molar-refractivity contribution is -0.121. The van der Waals surface area contributed by atoms with Crippen molar-refractivity contribution in [2.24, 2.45) is 0 Å². The number of amides is 3. The third kappa shape index (κ3) is 2.67. The third-order valence-corrected chi connectivity index (χ3v) is 3.17. The second-order valence-corrected chi connectivity index (χ2v) is 5.72. The number of hydrogen-bond acceptors (Lipinski definition) is 2. The first kappa shape index (κ1) is 13.3. The van der Waals surface area contributed by atoms with Crippen LogP contribution in [0.25, 0.3) is 6.08 Å². The van der Waals surface area contributed by atoms with Crippen LogP contribution in [0, 0.1) is 0 Å². The van der Waals surface area contributed by atoms with Crippen molar-refractivity contribution < 1.29 is 9.59 Å². The lowest BCUT2D eigenvalue weighted by Crippen LogP contribution is -2.25. The fraction of sp³-hybridized carbons (Fsp3) is 0.333. The zero-order valence-corrected chi connectivity index (χ0v) is 11.7. The highest BCUT2D eigenvalue weighted by molar-refractivity contribution is 6.13. The van der Waals surface area contributed by atoms with Crippen molar-refractivity contribution in [3.63, 3.8) is 0 Å². The summed E-state index contributed by atoms with van der Waals surface area (Å²) < 4.78 is 0. The maximum atomic E-state index is 11.7. The fourth-order valence-corrected chi connectivity index (χ4v) is 1.87. The molecule has 1 aliphatic heterocycles. The highest BCUT2D eigenvalue weighted by Gasteiger charge is 2.29. The molecule has 0 aliphatic carbocycles. The van der Waals surface area contributed by atoms with E-state index in [-0.39, 0.29) is 17.4 Å². The van der Waals surface area contributed by atoms with E-state index in [2.05, 4.69) is 26.1 Å². The van der Waals surface area contributed by atoms with Crippen molar-refractivity contribution in [1.82, 2.24) is 10.2 Å². The van der Waals surface area contributed by atoms with Crippen molar-refractivity contribution in [3.8, 4) is 0 Å². The maximum absolute atomic E-state index is 11.7. The van der Waals surface area contributed by atoms with Gasteiger partial charge in [-0.2, -0.15) is 0 Å². The minimum Gasteiger partial charge on any atom is -0.303 e. The molecule has 1 saturated heterocycles. The quantitative estimate of drug-likeness (QED) is 0.621. The first-order valence-corrected chi connectivity index (χ1v) is 6.20. The van der Waals surface area contributed by atoms with Gasteiger partial charge in [-0.1, -0.05) is 45.0 Å². The zero-order valence-electron chi connectivity index (χ0n) is 11.7. The SMILES string of the molecule is CN1C(=O)N/C(=C\c2ccc(C(C)(C)C)cc2)C1=O. The topological polar surface area (TPSA) is 49.4 Å². The van der Waals surface area contributed by atoms with Crippen molar-refractivity contribution in [1.29, 1.82) is 0 Å². The van der Waals surface area contributed by atoms with E-state index in [0.717, 1.165) is 10.5 Å². The molecule has 0 atom stereocenters. The number of carbonyl (C=O) groups excluding carboxylic acids is 2. The molecule has 4 heteroatoms. The average Bonchev–Trinajstić information content (AvgIpc) is 2.57. The molecule has 0 bridgehead atoms. The number of likely N-dealkylation sites (N-methyl/N-ethyl adjacent to an activating group) is 1. The summed E-state index contributed by atoms with van der Waals surface area (Å²) in [6.45, 7) is 6.45. The molecule has 4 nitrogen and oxygen atoms in total. The number of carbonyl (C=O) groups is 2. The lowest BCUT2D eigenvalue weighted by atomic mass is 9.87. The van der Waals surface area contributed by atoms with E-state index in [9.17, 15) is 9.59 Å². The van der Waals surface area contributed by atoms with Crippen LogP contribution in [0.5, 0.6) is 0 Å². The van der Waals surface area contributed by atoms with Gasteiger partial charge in [0.15, 0.2) is 0 Å². The monoisotopic (exact) mass is 258 g/mol. The maximum Gasteiger partial charge on any atom is 0.328 e. The summed E-state index contributed by atoms with van der Waals surface area (Å²) in [5.74, 6) is -0.301. The van der Waals surface area contributed by atoms with Gasteiger partial charge < -0.3 is 5.32 Å². The Balaban J connectivity index is 2.25. The molecule has 1 heterocycles. The Hall–Kier alpha value is -2.10. The van der Waals surface area contributed by atoms with Crippen LogP contribution in [-0.2, 0) is 10.2 Å². The van der Waals surface area contributed by atoms with E-state index in [1.807, 2.05) is 24.3 Å². The van der Waals surface area contributed by atoms with E-state index >= 15 is 0 Å². The van der Waals surface area contributed by atoms with E-state index in [1.54, 1.807) is 6.08 Å². The van der Waals surface area contributed by atoms with Crippen LogP contribution in [0.15, 0.2) is 30.0 Å². The van der Waals surface area contributed by atoms with E-state index in [0.29, 0.717) is 5.70 Å². The molecule has 2 rings (SSSR count). The first-order valence-electron chi connectivity index (χ1n) is 6.20. The molecular weight excluding hydrogens is 240 g/mol. The number of imide groups is 1. The molecule has 3 amide bonds. The first-order chi connectivity index (χ1) is 8.79. The van der Waals surface area contributed by atoms with E-state index in [4.69, 9.17) is 0 Å². The third-order valence-electron chi connectivity index (χ3n) is 3.17. The molecule has 0 spiro atoms. The molecule has 100 valence electrons. The number of rotatable bonds is 1. The molecule has 0 radical (unpaired) electrons. The number of nitrogens with zero attached hydrogens (tertiary/aromatic N) is 1. The molecule has 1 N–H and O–H groups in total. The van der Waals surface area contributed by atoms with Gasteiger partial charge in [0.2, 0.25) is 0 Å². The molecular formula is C15H18N2O2. The number of benzene rings is 1. The van der Waals surface area contributed by atoms with Crippen molar-refractivity contribution in [3.05, 3.63) is 41.1 Å². The van der Waals surface area contributed by atoms with Crippen LogP contribution >= 0.6 is 0 Å². The summed E-state index contributed by atoms with van der Waals surface area (Å²) in [4.78, 5) is 24.1. The van der Waals surface area contributed by atoms with Gasteiger partial charge >= 0.3 is 6.03 Å². The molecule has 1 aromatic rings. The van der Waals surface area contributed by atoms with Crippen molar-refractivity contribution in [2.45, 2.75) is 26.2 Å². The van der Waals surface area contributed by atoms with E-state index in [1.165, 1.54) is 12.6 Å². The fourth-order valence-electron chi connectivity index (χ4n) is 1.87. The summed E-state index contributed by atoms with van der Waals surface area (Å²) in [5.41, 5.74) is 2.54. The van der Waals surface area contributed by atoms with Crippen LogP contribution in [-0.4, -0.2) is 23.9 Å². The van der Waals surface area contributed by atoms with Gasteiger partial charge in [0.1, 0.15) is 5.70 Å². The van der Waals surface area contributed by atoms with Crippen LogP contribution < -0.4 is 5.32 Å². The minimum atomic E-state index is -0.387. The van der Waals surface area contributed by atoms with Crippen LogP contribution in [0.4, 0.5) is 4.79 Å². The van der Waals surface area contributed by atoms with Gasteiger partial charge in [0, 0.05) is 7.05 Å². The molecule has 0 unspecified atom stereocenters. The van der Waals surface area contributed by atoms with Gasteiger partial charge in [-0.25, -0.2) is 4.79 Å². The van der Waals surface area contributed by atoms with Crippen LogP contribution in [0.2, 0.25) is 0 Å². The Morgan fingerprint density at radius 3 is 2.11 bits per heavy atom. The normalized spacial score (nSPS) is 18.1. The van der Waals surface area contributed by atoms with Crippen molar-refractivity contribution in [2.75, 3.05) is 7.05 Å². The predicted octanol–water partition coefficient (Wildman–Crippen LogP) is 2.51. The van der Waals surface area contributed by atoms with Gasteiger partial charge in [0.05, 0.1) is 0 Å². The van der Waals surface area contributed by atoms with Gasteiger partial charge in [-0.15, -0.1) is 0 Å². The molecule has 19 heavy (non-hydrogen) atoms. The van der Waals surface area contributed by atoms with E-state index < -0.39 is 0 Å². The average molecular weight is 258 g/mol. The van der Waals surface area contributed by atoms with Crippen LogP contribution in [0.1, 0.15) is 31.9 Å². The molecule has 1 aromatic carbocycles. The smallest absolute Gasteiger partial charge is 0.303 e. The number of nitrogens with one attached hydrogen (secondary N) is 1. The predicted molar refractivity (Wildman–Crippen MR) is 74.4 cm³/mol. The summed E-state index contributed by atoms with van der Waals surface area (Å²) in [7, 11) is 1.46. The molecule has 0 aromatic heterocycles. The second kappa shape index (κ2) is 4.53. The molecule has 0 saturated carbocycles. The second-order valence-electron chi connectivity index (χ2n) is 5.72.